The predicted octanol–water partition coefficient (Wildman–Crippen LogP) is 2.68. The number of fused-ring (bicyclic) bond motifs is 1. The van der Waals surface area contributed by atoms with Crippen LogP contribution in [-0.2, 0) is 6.42 Å². The third-order valence-corrected chi connectivity index (χ3v) is 3.13. The van der Waals surface area contributed by atoms with E-state index >= 15 is 0 Å². The van der Waals surface area contributed by atoms with Crippen LogP contribution in [0.25, 0.3) is 6.08 Å². The lowest BCUT2D eigenvalue weighted by molar-refractivity contribution is 0.304. The van der Waals surface area contributed by atoms with Crippen molar-refractivity contribution in [1.29, 1.82) is 0 Å². The van der Waals surface area contributed by atoms with Crippen molar-refractivity contribution in [2.75, 3.05) is 28.4 Å². The van der Waals surface area contributed by atoms with E-state index in [9.17, 15) is 0 Å². The van der Waals surface area contributed by atoms with Gasteiger partial charge in [0.15, 0.2) is 11.5 Å². The Labute approximate surface area is 107 Å². The summed E-state index contributed by atoms with van der Waals surface area (Å²) in [5.74, 6) is 2.57. The Bertz CT molecular complexity index is 503. The van der Waals surface area contributed by atoms with E-state index in [4.69, 9.17) is 18.9 Å². The van der Waals surface area contributed by atoms with Crippen molar-refractivity contribution in [2.24, 2.45) is 0 Å². The van der Waals surface area contributed by atoms with Crippen LogP contribution in [0.2, 0.25) is 0 Å². The molecule has 0 radical (unpaired) electrons. The summed E-state index contributed by atoms with van der Waals surface area (Å²) < 4.78 is 21.7. The van der Waals surface area contributed by atoms with Gasteiger partial charge in [-0.05, 0) is 13.3 Å². The summed E-state index contributed by atoms with van der Waals surface area (Å²) >= 11 is 0. The Kier molecular flexibility index (Phi) is 3.36. The Balaban J connectivity index is 2.78. The summed E-state index contributed by atoms with van der Waals surface area (Å²) in [6.45, 7) is 2.08. The largest absolute Gasteiger partial charge is 0.492 e. The van der Waals surface area contributed by atoms with E-state index in [-0.39, 0.29) is 0 Å². The summed E-state index contributed by atoms with van der Waals surface area (Å²) in [4.78, 5) is 0. The van der Waals surface area contributed by atoms with E-state index in [2.05, 4.69) is 13.0 Å². The lowest BCUT2D eigenvalue weighted by atomic mass is 10.0. The molecule has 0 saturated carbocycles. The summed E-state index contributed by atoms with van der Waals surface area (Å²) in [5, 5.41) is 0. The molecule has 4 heteroatoms. The molecule has 0 heterocycles. The van der Waals surface area contributed by atoms with Crippen LogP contribution >= 0.6 is 0 Å². The SMILES string of the molecule is COc1c2c(c(OC)c(OC)c1OC)CC(C)=C2. The van der Waals surface area contributed by atoms with Gasteiger partial charge in [0.05, 0.1) is 28.4 Å². The molecule has 2 rings (SSSR count). The second kappa shape index (κ2) is 4.80. The monoisotopic (exact) mass is 250 g/mol. The molecule has 4 nitrogen and oxygen atoms in total. The molecular formula is C14H18O4. The van der Waals surface area contributed by atoms with Crippen molar-refractivity contribution in [1.82, 2.24) is 0 Å². The van der Waals surface area contributed by atoms with Gasteiger partial charge in [0.25, 0.3) is 0 Å². The third-order valence-electron chi connectivity index (χ3n) is 3.13. The molecule has 1 aromatic carbocycles. The number of methoxy groups -OCH3 is 4. The smallest absolute Gasteiger partial charge is 0.207 e. The van der Waals surface area contributed by atoms with E-state index in [1.165, 1.54) is 5.57 Å². The zero-order chi connectivity index (χ0) is 13.3. The van der Waals surface area contributed by atoms with Gasteiger partial charge in [0, 0.05) is 11.1 Å². The molecule has 0 aliphatic heterocycles. The van der Waals surface area contributed by atoms with Crippen LogP contribution < -0.4 is 18.9 Å². The van der Waals surface area contributed by atoms with Crippen molar-refractivity contribution >= 4 is 6.08 Å². The fraction of sp³-hybridized carbons (Fsp3) is 0.429. The first-order chi connectivity index (χ1) is 8.67. The van der Waals surface area contributed by atoms with Crippen molar-refractivity contribution in [2.45, 2.75) is 13.3 Å². The maximum Gasteiger partial charge on any atom is 0.207 e. The number of allylic oxidation sites excluding steroid dienone is 1. The molecule has 0 amide bonds. The van der Waals surface area contributed by atoms with Gasteiger partial charge in [0.1, 0.15) is 0 Å². The summed E-state index contributed by atoms with van der Waals surface area (Å²) in [5.41, 5.74) is 3.37. The molecule has 18 heavy (non-hydrogen) atoms. The van der Waals surface area contributed by atoms with E-state index in [1.807, 2.05) is 0 Å². The van der Waals surface area contributed by atoms with Gasteiger partial charge >= 0.3 is 0 Å². The van der Waals surface area contributed by atoms with Gasteiger partial charge in [-0.1, -0.05) is 11.6 Å². The molecule has 0 N–H and O–H groups in total. The van der Waals surface area contributed by atoms with Crippen LogP contribution in [0.1, 0.15) is 18.1 Å². The fourth-order valence-electron chi connectivity index (χ4n) is 2.42. The first-order valence-corrected chi connectivity index (χ1v) is 5.73. The second-order valence-corrected chi connectivity index (χ2v) is 4.19. The first-order valence-electron chi connectivity index (χ1n) is 5.73. The van der Waals surface area contributed by atoms with Gasteiger partial charge in [-0.25, -0.2) is 0 Å². The van der Waals surface area contributed by atoms with E-state index < -0.39 is 0 Å². The van der Waals surface area contributed by atoms with E-state index in [0.29, 0.717) is 17.2 Å². The number of benzene rings is 1. The highest BCUT2D eigenvalue weighted by molar-refractivity contribution is 5.79. The number of rotatable bonds is 4. The number of hydrogen-bond acceptors (Lipinski definition) is 4. The molecule has 0 fully saturated rings. The Morgan fingerprint density at radius 1 is 0.778 bits per heavy atom. The highest BCUT2D eigenvalue weighted by Crippen LogP contribution is 2.52. The van der Waals surface area contributed by atoms with Gasteiger partial charge < -0.3 is 18.9 Å². The normalized spacial score (nSPS) is 12.8. The molecule has 1 aliphatic carbocycles. The van der Waals surface area contributed by atoms with Gasteiger partial charge in [-0.2, -0.15) is 0 Å². The van der Waals surface area contributed by atoms with Crippen molar-refractivity contribution in [3.63, 3.8) is 0 Å². The van der Waals surface area contributed by atoms with Crippen molar-refractivity contribution in [3.05, 3.63) is 16.7 Å². The van der Waals surface area contributed by atoms with Gasteiger partial charge in [0.2, 0.25) is 11.5 Å². The Morgan fingerprint density at radius 3 is 1.78 bits per heavy atom. The van der Waals surface area contributed by atoms with Gasteiger partial charge in [-0.15, -0.1) is 0 Å². The van der Waals surface area contributed by atoms with Crippen LogP contribution in [0.15, 0.2) is 5.57 Å². The summed E-state index contributed by atoms with van der Waals surface area (Å²) in [6, 6.07) is 0. The molecule has 1 aromatic rings. The second-order valence-electron chi connectivity index (χ2n) is 4.19. The minimum absolute atomic E-state index is 0.571. The number of ether oxygens (including phenoxy) is 4. The maximum absolute atomic E-state index is 5.48. The minimum atomic E-state index is 0.571. The Morgan fingerprint density at radius 2 is 1.28 bits per heavy atom. The van der Waals surface area contributed by atoms with E-state index in [1.54, 1.807) is 28.4 Å². The molecule has 0 aromatic heterocycles. The average Bonchev–Trinajstić information content (AvgIpc) is 2.76. The van der Waals surface area contributed by atoms with Crippen LogP contribution in [0.4, 0.5) is 0 Å². The quantitative estimate of drug-likeness (QED) is 0.823. The molecule has 0 saturated heterocycles. The first kappa shape index (κ1) is 12.6. The molecule has 0 atom stereocenters. The fourth-order valence-corrected chi connectivity index (χ4v) is 2.42. The molecule has 98 valence electrons. The average molecular weight is 250 g/mol. The summed E-state index contributed by atoms with van der Waals surface area (Å²) in [6.07, 6.45) is 2.94. The number of hydrogen-bond donors (Lipinski definition) is 0. The van der Waals surface area contributed by atoms with Crippen molar-refractivity contribution < 1.29 is 18.9 Å². The predicted molar refractivity (Wildman–Crippen MR) is 70.0 cm³/mol. The topological polar surface area (TPSA) is 36.9 Å². The summed E-state index contributed by atoms with van der Waals surface area (Å²) in [7, 11) is 6.46. The lowest BCUT2D eigenvalue weighted by Crippen LogP contribution is -2.02. The zero-order valence-corrected chi connectivity index (χ0v) is 11.4. The maximum atomic E-state index is 5.48. The Hall–Kier alpha value is -1.84. The van der Waals surface area contributed by atoms with Gasteiger partial charge in [-0.3, -0.25) is 0 Å². The minimum Gasteiger partial charge on any atom is -0.492 e. The van der Waals surface area contributed by atoms with Crippen LogP contribution in [0.3, 0.4) is 0 Å². The molecular weight excluding hydrogens is 232 g/mol. The standard InChI is InChI=1S/C14H18O4/c1-8-6-9-10(7-8)12(16-3)14(18-5)13(17-4)11(9)15-2/h6H,7H2,1-5H3. The molecule has 1 aliphatic rings. The van der Waals surface area contributed by atoms with Crippen LogP contribution in [0.5, 0.6) is 23.0 Å². The van der Waals surface area contributed by atoms with E-state index in [0.717, 1.165) is 23.3 Å². The van der Waals surface area contributed by atoms with Crippen LogP contribution in [-0.4, -0.2) is 28.4 Å². The third kappa shape index (κ3) is 1.68. The highest BCUT2D eigenvalue weighted by atomic mass is 16.5. The molecule has 0 unspecified atom stereocenters. The molecule has 0 spiro atoms. The molecule has 0 bridgehead atoms. The van der Waals surface area contributed by atoms with Crippen molar-refractivity contribution in [3.8, 4) is 23.0 Å². The lowest BCUT2D eigenvalue weighted by Gasteiger charge is -2.19. The zero-order valence-electron chi connectivity index (χ0n) is 11.4. The highest BCUT2D eigenvalue weighted by Gasteiger charge is 2.28. The van der Waals surface area contributed by atoms with Crippen LogP contribution in [0, 0.1) is 0 Å².